The lowest BCUT2D eigenvalue weighted by Crippen LogP contribution is -2.67. The van der Waals surface area contributed by atoms with Gasteiger partial charge in [-0.15, -0.1) is 0 Å². The molecule has 4 heterocycles. The van der Waals surface area contributed by atoms with E-state index in [0.29, 0.717) is 0 Å². The molecule has 282 valence electrons. The first-order chi connectivity index (χ1) is 22.8. The van der Waals surface area contributed by atoms with Crippen LogP contribution in [-0.4, -0.2) is 229 Å². The zero-order valence-corrected chi connectivity index (χ0v) is 25.4. The van der Waals surface area contributed by atoms with Crippen LogP contribution in [0.3, 0.4) is 0 Å². The van der Waals surface area contributed by atoms with Crippen molar-refractivity contribution in [1.29, 1.82) is 0 Å². The predicted octanol–water partition coefficient (Wildman–Crippen LogP) is -9.77. The van der Waals surface area contributed by atoms with Gasteiger partial charge in [0.15, 0.2) is 25.2 Å². The van der Waals surface area contributed by atoms with Gasteiger partial charge in [-0.1, -0.05) is 0 Å². The molecule has 0 amide bonds. The zero-order valence-electron chi connectivity index (χ0n) is 25.4. The number of aliphatic hydroxyl groups is 13. The van der Waals surface area contributed by atoms with E-state index in [1.807, 2.05) is 0 Å². The molecule has 20 atom stereocenters. The van der Waals surface area contributed by atoms with E-state index < -0.39 is 149 Å². The molecule has 4 rings (SSSR count). The molecule has 0 spiro atoms. The summed E-state index contributed by atoms with van der Waals surface area (Å²) in [7, 11) is 0. The van der Waals surface area contributed by atoms with E-state index in [1.165, 1.54) is 0 Å². The molecule has 0 radical (unpaired) electrons. The summed E-state index contributed by atoms with van der Waals surface area (Å²) >= 11 is 0. The Morgan fingerprint density at radius 2 is 0.708 bits per heavy atom. The van der Waals surface area contributed by atoms with Crippen molar-refractivity contribution in [2.45, 2.75) is 123 Å². The van der Waals surface area contributed by atoms with E-state index in [2.05, 4.69) is 0 Å². The van der Waals surface area contributed by atoms with Crippen LogP contribution >= 0.6 is 0 Å². The maximum absolute atomic E-state index is 11.0. The highest BCUT2D eigenvalue weighted by molar-refractivity contribution is 4.97. The van der Waals surface area contributed by atoms with E-state index in [0.717, 1.165) is 0 Å². The summed E-state index contributed by atoms with van der Waals surface area (Å²) < 4.78 is 43.7. The van der Waals surface area contributed by atoms with Crippen molar-refractivity contribution in [2.24, 2.45) is 5.73 Å². The topological polar surface area (TPSA) is 363 Å². The lowest BCUT2D eigenvalue weighted by molar-refractivity contribution is -0.388. The highest BCUT2D eigenvalue weighted by atomic mass is 16.8. The van der Waals surface area contributed by atoms with E-state index in [4.69, 9.17) is 43.6 Å². The van der Waals surface area contributed by atoms with E-state index in [-0.39, 0.29) is 13.2 Å². The van der Waals surface area contributed by atoms with Crippen LogP contribution < -0.4 is 5.73 Å². The van der Waals surface area contributed by atoms with Crippen molar-refractivity contribution in [3.05, 3.63) is 0 Å². The van der Waals surface area contributed by atoms with Gasteiger partial charge in [0.25, 0.3) is 0 Å². The van der Waals surface area contributed by atoms with E-state index in [9.17, 15) is 66.4 Å². The second-order valence-corrected chi connectivity index (χ2v) is 11.8. The number of nitrogens with two attached hydrogens (primary N) is 1. The van der Waals surface area contributed by atoms with Gasteiger partial charge in [-0.3, -0.25) is 0 Å². The van der Waals surface area contributed by atoms with Gasteiger partial charge in [0.05, 0.1) is 33.0 Å². The Hall–Kier alpha value is -0.880. The van der Waals surface area contributed by atoms with Gasteiger partial charge in [-0.25, -0.2) is 0 Å². The van der Waals surface area contributed by atoms with Crippen LogP contribution in [0, 0.1) is 0 Å². The van der Waals surface area contributed by atoms with Crippen LogP contribution in [-0.2, 0) is 37.9 Å². The fraction of sp³-hybridized carbons (Fsp3) is 1.00. The Labute approximate surface area is 272 Å². The van der Waals surface area contributed by atoms with Gasteiger partial charge >= 0.3 is 0 Å². The lowest BCUT2D eigenvalue weighted by Gasteiger charge is -2.49. The normalized spacial score (nSPS) is 50.4. The van der Waals surface area contributed by atoms with Gasteiger partial charge in [-0.2, -0.15) is 0 Å². The standard InChI is InChI=1S/C26H47NO21/c27-1-2-41-23-17(38)13(34)20(8(4-29)43-23)47-25-19(40)15(36)22(10(6-31)45-25)48-26-18(39)14(35)21(9(5-30)44-26)46-24-16(37)12(33)11(32)7(3-28)42-24/h7-26,28-40H,1-6,27H2/t7?,8?,9?,10?,11-,12+,13-,14-,15-,16?,17?,18?,19?,20+,21-,22-,23+,24+,25-,26+/m1/s1. The minimum atomic E-state index is -2.02. The first-order valence-electron chi connectivity index (χ1n) is 15.3. The fourth-order valence-corrected chi connectivity index (χ4v) is 5.85. The molecule has 0 aromatic carbocycles. The quantitative estimate of drug-likeness (QED) is 0.0844. The average Bonchev–Trinajstić information content (AvgIpc) is 3.08. The highest BCUT2D eigenvalue weighted by Crippen LogP contribution is 2.34. The number of ether oxygens (including phenoxy) is 8. The smallest absolute Gasteiger partial charge is 0.187 e. The predicted molar refractivity (Wildman–Crippen MR) is 147 cm³/mol. The monoisotopic (exact) mass is 709 g/mol. The summed E-state index contributed by atoms with van der Waals surface area (Å²) in [6.07, 6.45) is -34.3. The van der Waals surface area contributed by atoms with Crippen molar-refractivity contribution in [3.63, 3.8) is 0 Å². The van der Waals surface area contributed by atoms with Crippen molar-refractivity contribution in [1.82, 2.24) is 0 Å². The summed E-state index contributed by atoms with van der Waals surface area (Å²) in [4.78, 5) is 0. The summed E-state index contributed by atoms with van der Waals surface area (Å²) in [6, 6.07) is 0. The van der Waals surface area contributed by atoms with Crippen molar-refractivity contribution >= 4 is 0 Å². The summed E-state index contributed by atoms with van der Waals surface area (Å²) in [6.45, 7) is -3.29. The first-order valence-corrected chi connectivity index (χ1v) is 15.3. The first kappa shape index (κ1) is 39.9. The Morgan fingerprint density at radius 1 is 0.396 bits per heavy atom. The number of aliphatic hydroxyl groups excluding tert-OH is 13. The van der Waals surface area contributed by atoms with Crippen molar-refractivity contribution < 1.29 is 104 Å². The van der Waals surface area contributed by atoms with Gasteiger partial charge in [-0.05, 0) is 0 Å². The minimum Gasteiger partial charge on any atom is -0.394 e. The average molecular weight is 710 g/mol. The fourth-order valence-electron chi connectivity index (χ4n) is 5.85. The molecule has 48 heavy (non-hydrogen) atoms. The molecule has 0 aliphatic carbocycles. The Balaban J connectivity index is 1.42. The second kappa shape index (κ2) is 17.6. The zero-order chi connectivity index (χ0) is 35.4. The molecule has 4 fully saturated rings. The molecule has 4 aliphatic heterocycles. The molecule has 22 heteroatoms. The van der Waals surface area contributed by atoms with Gasteiger partial charge in [0, 0.05) is 6.54 Å². The Kier molecular flexibility index (Phi) is 14.6. The van der Waals surface area contributed by atoms with Crippen LogP contribution in [0.2, 0.25) is 0 Å². The molecule has 4 aliphatic rings. The minimum absolute atomic E-state index is 0.0459. The third kappa shape index (κ3) is 8.26. The summed E-state index contributed by atoms with van der Waals surface area (Å²) in [5.74, 6) is 0. The SMILES string of the molecule is NCCO[C@H]1OC(CO)[C@H](O[C@H]2OC(CO)[C@@H](O[C@@H]3OC(CO)[C@@H](O[C@@H]4OC(CO)[C@@H](O)[C@H](O)C4O)[C@H](O)C3O)[C@H](O)C2O)[C@H](O)C1O. The second-order valence-electron chi connectivity index (χ2n) is 11.8. The van der Waals surface area contributed by atoms with Crippen LogP contribution in [0.15, 0.2) is 0 Å². The van der Waals surface area contributed by atoms with E-state index in [1.54, 1.807) is 0 Å². The molecule has 4 saturated heterocycles. The van der Waals surface area contributed by atoms with Crippen molar-refractivity contribution in [2.75, 3.05) is 39.6 Å². The number of rotatable bonds is 13. The van der Waals surface area contributed by atoms with Gasteiger partial charge in [0.1, 0.15) is 97.7 Å². The molecule has 8 unspecified atom stereocenters. The van der Waals surface area contributed by atoms with Crippen LogP contribution in [0.4, 0.5) is 0 Å². The van der Waals surface area contributed by atoms with Crippen LogP contribution in [0.1, 0.15) is 0 Å². The maximum atomic E-state index is 11.0. The molecular weight excluding hydrogens is 662 g/mol. The molecule has 22 nitrogen and oxygen atoms in total. The molecule has 0 bridgehead atoms. The van der Waals surface area contributed by atoms with E-state index >= 15 is 0 Å². The largest absolute Gasteiger partial charge is 0.394 e. The Bertz CT molecular complexity index is 965. The van der Waals surface area contributed by atoms with Crippen LogP contribution in [0.25, 0.3) is 0 Å². The van der Waals surface area contributed by atoms with Gasteiger partial charge in [0.2, 0.25) is 0 Å². The molecule has 0 aromatic heterocycles. The molecule has 15 N–H and O–H groups in total. The highest BCUT2D eigenvalue weighted by Gasteiger charge is 2.55. The molecular formula is C26H47NO21. The molecule has 0 aromatic rings. The third-order valence-corrected chi connectivity index (χ3v) is 8.58. The maximum Gasteiger partial charge on any atom is 0.187 e. The van der Waals surface area contributed by atoms with Crippen LogP contribution in [0.5, 0.6) is 0 Å². The lowest BCUT2D eigenvalue weighted by atomic mass is 9.95. The number of hydrogen-bond donors (Lipinski definition) is 14. The summed E-state index contributed by atoms with van der Waals surface area (Å²) in [5, 5.41) is 134. The third-order valence-electron chi connectivity index (χ3n) is 8.58. The van der Waals surface area contributed by atoms with Crippen molar-refractivity contribution in [3.8, 4) is 0 Å². The molecule has 0 saturated carbocycles. The number of hydrogen-bond acceptors (Lipinski definition) is 22. The summed E-state index contributed by atoms with van der Waals surface area (Å²) in [5.41, 5.74) is 5.38. The van der Waals surface area contributed by atoms with Gasteiger partial charge < -0.3 is 110 Å². The Morgan fingerprint density at radius 3 is 1.06 bits per heavy atom.